The molecule has 2 N–H and O–H groups in total. The maximum atomic E-state index is 12.8. The minimum Gasteiger partial charge on any atom is -0.366 e. The van der Waals surface area contributed by atoms with Crippen molar-refractivity contribution in [2.45, 2.75) is 31.8 Å². The fourth-order valence-corrected chi connectivity index (χ4v) is 4.36. The van der Waals surface area contributed by atoms with Gasteiger partial charge in [0.05, 0.1) is 18.0 Å². The summed E-state index contributed by atoms with van der Waals surface area (Å²) in [6, 6.07) is 15.8. The number of fused-ring (bicyclic) bond motifs is 1. The fraction of sp³-hybridized carbons (Fsp3) is 0.364. The minimum absolute atomic E-state index is 0.108. The van der Waals surface area contributed by atoms with E-state index in [1.165, 1.54) is 13.3 Å². The second-order valence-corrected chi connectivity index (χ2v) is 7.43. The van der Waals surface area contributed by atoms with Crippen molar-refractivity contribution < 1.29 is 9.59 Å². The predicted molar refractivity (Wildman–Crippen MR) is 111 cm³/mol. The number of likely N-dealkylation sites (tertiary alicyclic amines) is 1. The van der Waals surface area contributed by atoms with Crippen molar-refractivity contribution in [3.8, 4) is 0 Å². The lowest BCUT2D eigenvalue weighted by molar-refractivity contribution is -0.120. The molecule has 6 nitrogen and oxygen atoms in total. The van der Waals surface area contributed by atoms with E-state index in [4.69, 9.17) is 0 Å². The molecule has 2 aromatic carbocycles. The zero-order chi connectivity index (χ0) is 19.6. The van der Waals surface area contributed by atoms with Crippen molar-refractivity contribution >= 4 is 29.3 Å². The number of para-hydroxylation sites is 2. The number of hydrogen-bond acceptors (Lipinski definition) is 5. The molecule has 0 saturated carbocycles. The first kappa shape index (κ1) is 18.5. The van der Waals surface area contributed by atoms with Gasteiger partial charge in [0.2, 0.25) is 5.91 Å². The Morgan fingerprint density at radius 2 is 1.79 bits per heavy atom. The number of piperidine rings is 1. The Labute approximate surface area is 165 Å². The van der Waals surface area contributed by atoms with Crippen LogP contribution in [0.15, 0.2) is 48.5 Å². The molecule has 0 spiro atoms. The summed E-state index contributed by atoms with van der Waals surface area (Å²) in [5.74, 6) is -0.108. The van der Waals surface area contributed by atoms with Crippen LogP contribution < -0.4 is 15.5 Å². The van der Waals surface area contributed by atoms with Crippen LogP contribution in [0.2, 0.25) is 0 Å². The summed E-state index contributed by atoms with van der Waals surface area (Å²) < 4.78 is 0. The fourth-order valence-electron chi connectivity index (χ4n) is 4.36. The van der Waals surface area contributed by atoms with E-state index >= 15 is 0 Å². The van der Waals surface area contributed by atoms with Crippen LogP contribution >= 0.6 is 0 Å². The Bertz CT molecular complexity index is 861. The number of amides is 1. The van der Waals surface area contributed by atoms with Gasteiger partial charge in [-0.3, -0.25) is 14.5 Å². The van der Waals surface area contributed by atoms with Gasteiger partial charge in [-0.25, -0.2) is 0 Å². The zero-order valence-corrected chi connectivity index (χ0v) is 16.1. The molecule has 28 heavy (non-hydrogen) atoms. The van der Waals surface area contributed by atoms with Crippen molar-refractivity contribution in [1.82, 2.24) is 4.90 Å². The number of rotatable bonds is 5. The second kappa shape index (κ2) is 7.64. The summed E-state index contributed by atoms with van der Waals surface area (Å²) in [5, 5.41) is 6.22. The highest BCUT2D eigenvalue weighted by Crippen LogP contribution is 2.42. The monoisotopic (exact) mass is 378 g/mol. The van der Waals surface area contributed by atoms with E-state index in [-0.39, 0.29) is 5.91 Å². The lowest BCUT2D eigenvalue weighted by Gasteiger charge is -2.48. The third kappa shape index (κ3) is 3.14. The van der Waals surface area contributed by atoms with Gasteiger partial charge in [-0.2, -0.15) is 0 Å². The lowest BCUT2D eigenvalue weighted by Crippen LogP contribution is -2.61. The molecule has 1 unspecified atom stereocenters. The number of anilines is 3. The normalized spacial score (nSPS) is 18.7. The molecule has 0 aliphatic carbocycles. The van der Waals surface area contributed by atoms with Crippen LogP contribution in [0.3, 0.4) is 0 Å². The van der Waals surface area contributed by atoms with Crippen molar-refractivity contribution in [2.75, 3.05) is 35.3 Å². The number of nitrogens with zero attached hydrogens (tertiary/aromatic N) is 2. The third-order valence-electron chi connectivity index (χ3n) is 5.67. The molecule has 2 aliphatic heterocycles. The van der Waals surface area contributed by atoms with Gasteiger partial charge in [0.15, 0.2) is 11.9 Å². The van der Waals surface area contributed by atoms with Gasteiger partial charge in [0.25, 0.3) is 0 Å². The van der Waals surface area contributed by atoms with Gasteiger partial charge >= 0.3 is 0 Å². The van der Waals surface area contributed by atoms with Gasteiger partial charge in [-0.05, 0) is 37.1 Å². The first-order chi connectivity index (χ1) is 13.6. The molecule has 6 heteroatoms. The van der Waals surface area contributed by atoms with Gasteiger partial charge in [-0.15, -0.1) is 0 Å². The molecule has 1 atom stereocenters. The van der Waals surface area contributed by atoms with Crippen LogP contribution in [0.1, 0.15) is 31.7 Å². The molecule has 2 aliphatic rings. The number of benzene rings is 2. The first-order valence-corrected chi connectivity index (χ1v) is 9.85. The van der Waals surface area contributed by atoms with E-state index in [1.807, 2.05) is 42.5 Å². The summed E-state index contributed by atoms with van der Waals surface area (Å²) in [5.41, 5.74) is 2.84. The third-order valence-corrected chi connectivity index (χ3v) is 5.67. The van der Waals surface area contributed by atoms with Gasteiger partial charge < -0.3 is 15.5 Å². The predicted octanol–water partition coefficient (Wildman–Crippen LogP) is 3.37. The Morgan fingerprint density at radius 3 is 2.46 bits per heavy atom. The molecule has 1 amide bonds. The van der Waals surface area contributed by atoms with E-state index in [2.05, 4.69) is 26.5 Å². The summed E-state index contributed by atoms with van der Waals surface area (Å²) in [6.45, 7) is 3.82. The Morgan fingerprint density at radius 1 is 1.07 bits per heavy atom. The molecule has 4 rings (SSSR count). The molecule has 146 valence electrons. The number of carbonyl (C=O) groups is 2. The van der Waals surface area contributed by atoms with Crippen molar-refractivity contribution in [2.24, 2.45) is 0 Å². The van der Waals surface area contributed by atoms with Crippen molar-refractivity contribution in [3.05, 3.63) is 54.1 Å². The maximum Gasteiger partial charge on any atom is 0.221 e. The Balaban J connectivity index is 1.80. The Kier molecular flexibility index (Phi) is 5.05. The largest absolute Gasteiger partial charge is 0.366 e. The summed E-state index contributed by atoms with van der Waals surface area (Å²) in [7, 11) is 0. The van der Waals surface area contributed by atoms with E-state index in [0.717, 1.165) is 54.8 Å². The number of aldehydes is 1. The van der Waals surface area contributed by atoms with Crippen LogP contribution in [0, 0.1) is 0 Å². The topological polar surface area (TPSA) is 64.7 Å². The van der Waals surface area contributed by atoms with Gasteiger partial charge in [0, 0.05) is 31.3 Å². The SMILES string of the molecule is CC(=O)Nc1ccc(C(C=O)(N2CCCCC2)N2CNc3ccccc32)cc1. The molecular formula is C22H26N4O2. The van der Waals surface area contributed by atoms with Crippen LogP contribution in [-0.2, 0) is 15.3 Å². The summed E-state index contributed by atoms with van der Waals surface area (Å²) in [4.78, 5) is 28.6. The number of carbonyl (C=O) groups excluding carboxylic acids is 2. The highest BCUT2D eigenvalue weighted by Gasteiger charge is 2.46. The molecule has 2 heterocycles. The quantitative estimate of drug-likeness (QED) is 0.781. The minimum atomic E-state index is -0.880. The molecule has 0 bridgehead atoms. The van der Waals surface area contributed by atoms with Crippen LogP contribution in [0.5, 0.6) is 0 Å². The second-order valence-electron chi connectivity index (χ2n) is 7.43. The highest BCUT2D eigenvalue weighted by atomic mass is 16.1. The average Bonchev–Trinajstić information content (AvgIpc) is 3.15. The highest BCUT2D eigenvalue weighted by molar-refractivity contribution is 5.89. The van der Waals surface area contributed by atoms with Crippen molar-refractivity contribution in [3.63, 3.8) is 0 Å². The molecule has 1 fully saturated rings. The number of hydrogen-bond donors (Lipinski definition) is 2. The average molecular weight is 378 g/mol. The Hall–Kier alpha value is -2.86. The maximum absolute atomic E-state index is 12.8. The van der Waals surface area contributed by atoms with Crippen molar-refractivity contribution in [1.29, 1.82) is 0 Å². The van der Waals surface area contributed by atoms with E-state index in [9.17, 15) is 9.59 Å². The molecular weight excluding hydrogens is 352 g/mol. The van der Waals surface area contributed by atoms with E-state index in [1.54, 1.807) is 0 Å². The van der Waals surface area contributed by atoms with Crippen LogP contribution in [0.25, 0.3) is 0 Å². The van der Waals surface area contributed by atoms with E-state index < -0.39 is 5.66 Å². The zero-order valence-electron chi connectivity index (χ0n) is 16.1. The lowest BCUT2D eigenvalue weighted by atomic mass is 9.93. The molecule has 1 saturated heterocycles. The van der Waals surface area contributed by atoms with Crippen LogP contribution in [-0.4, -0.2) is 36.9 Å². The molecule has 0 aromatic heterocycles. The smallest absolute Gasteiger partial charge is 0.221 e. The number of nitrogens with one attached hydrogen (secondary N) is 2. The van der Waals surface area contributed by atoms with Crippen LogP contribution in [0.4, 0.5) is 17.1 Å². The summed E-state index contributed by atoms with van der Waals surface area (Å²) >= 11 is 0. The van der Waals surface area contributed by atoms with Gasteiger partial charge in [0.1, 0.15) is 0 Å². The standard InChI is InChI=1S/C22H26N4O2/c1-17(28)24-19-11-9-18(10-12-19)22(15-27,25-13-5-2-6-14-25)26-16-23-20-7-3-4-8-21(20)26/h3-4,7-12,15,23H,2,5-6,13-14,16H2,1H3,(H,24,28). The van der Waals surface area contributed by atoms with Gasteiger partial charge in [-0.1, -0.05) is 30.7 Å². The molecule has 0 radical (unpaired) electrons. The first-order valence-electron chi connectivity index (χ1n) is 9.85. The van der Waals surface area contributed by atoms with E-state index in [0.29, 0.717) is 6.67 Å². The summed E-state index contributed by atoms with van der Waals surface area (Å²) in [6.07, 6.45) is 4.45. The molecule has 2 aromatic rings.